The fourth-order valence-corrected chi connectivity index (χ4v) is 2.71. The number of aromatic nitrogens is 2. The lowest BCUT2D eigenvalue weighted by molar-refractivity contribution is 0.272. The van der Waals surface area contributed by atoms with Crippen molar-refractivity contribution in [3.63, 3.8) is 0 Å². The number of nitrogens with one attached hydrogen (secondary N) is 1. The van der Waals surface area contributed by atoms with Crippen molar-refractivity contribution in [1.82, 2.24) is 9.97 Å². The Kier molecular flexibility index (Phi) is 3.99. The molecule has 0 saturated heterocycles. The van der Waals surface area contributed by atoms with Gasteiger partial charge in [0.15, 0.2) is 0 Å². The van der Waals surface area contributed by atoms with Crippen LogP contribution < -0.4 is 0 Å². The summed E-state index contributed by atoms with van der Waals surface area (Å²) in [6.45, 7) is 2.18. The first-order valence-electron chi connectivity index (χ1n) is 6.53. The van der Waals surface area contributed by atoms with Crippen molar-refractivity contribution in [2.45, 2.75) is 64.4 Å². The molecule has 2 rings (SSSR count). The van der Waals surface area contributed by atoms with Crippen molar-refractivity contribution in [2.24, 2.45) is 0 Å². The van der Waals surface area contributed by atoms with E-state index in [1.54, 1.807) is 0 Å². The molecule has 0 aliphatic heterocycles. The van der Waals surface area contributed by atoms with E-state index >= 15 is 0 Å². The Labute approximate surface area is 97.3 Å². The number of rotatable bonds is 3. The van der Waals surface area contributed by atoms with Gasteiger partial charge in [0, 0.05) is 11.6 Å². The lowest BCUT2D eigenvalue weighted by Crippen LogP contribution is -2.01. The van der Waals surface area contributed by atoms with E-state index in [-0.39, 0.29) is 6.61 Å². The minimum absolute atomic E-state index is 0.0275. The molecular formula is C13H22N2O. The second kappa shape index (κ2) is 5.48. The monoisotopic (exact) mass is 222 g/mol. The standard InChI is InChI=1S/C13H22N2O/c1-2-11-13(15-12(9-16)14-11)10-7-5-3-4-6-8-10/h10,16H,2-9H2,1H3,(H,14,15). The van der Waals surface area contributed by atoms with Crippen LogP contribution in [0.4, 0.5) is 0 Å². The number of nitrogens with zero attached hydrogens (tertiary/aromatic N) is 1. The van der Waals surface area contributed by atoms with Crippen molar-refractivity contribution < 1.29 is 5.11 Å². The Bertz CT molecular complexity index is 325. The van der Waals surface area contributed by atoms with E-state index in [2.05, 4.69) is 16.9 Å². The van der Waals surface area contributed by atoms with Gasteiger partial charge < -0.3 is 10.1 Å². The summed E-state index contributed by atoms with van der Waals surface area (Å²) in [5.74, 6) is 1.35. The molecule has 0 unspecified atom stereocenters. The van der Waals surface area contributed by atoms with E-state index in [4.69, 9.17) is 5.11 Å². The van der Waals surface area contributed by atoms with Gasteiger partial charge in [0.2, 0.25) is 0 Å². The van der Waals surface area contributed by atoms with Crippen molar-refractivity contribution >= 4 is 0 Å². The van der Waals surface area contributed by atoms with Gasteiger partial charge in [0.1, 0.15) is 12.4 Å². The largest absolute Gasteiger partial charge is 0.388 e. The van der Waals surface area contributed by atoms with Crippen LogP contribution in [0.1, 0.15) is 68.6 Å². The summed E-state index contributed by atoms with van der Waals surface area (Å²) in [6.07, 6.45) is 8.92. The molecule has 0 spiro atoms. The number of imidazole rings is 1. The van der Waals surface area contributed by atoms with E-state index in [9.17, 15) is 0 Å². The van der Waals surface area contributed by atoms with Gasteiger partial charge in [-0.1, -0.05) is 32.6 Å². The van der Waals surface area contributed by atoms with Crippen LogP contribution in [0.25, 0.3) is 0 Å². The zero-order valence-corrected chi connectivity index (χ0v) is 10.1. The molecule has 2 N–H and O–H groups in total. The lowest BCUT2D eigenvalue weighted by Gasteiger charge is -2.12. The molecule has 0 radical (unpaired) electrons. The minimum Gasteiger partial charge on any atom is -0.388 e. The lowest BCUT2D eigenvalue weighted by atomic mass is 9.95. The molecule has 3 nitrogen and oxygen atoms in total. The van der Waals surface area contributed by atoms with Crippen LogP contribution in [-0.4, -0.2) is 15.1 Å². The number of aliphatic hydroxyl groups excluding tert-OH is 1. The molecular weight excluding hydrogens is 200 g/mol. The van der Waals surface area contributed by atoms with Crippen LogP contribution in [0.5, 0.6) is 0 Å². The van der Waals surface area contributed by atoms with Crippen LogP contribution >= 0.6 is 0 Å². The number of aliphatic hydroxyl groups is 1. The quantitative estimate of drug-likeness (QED) is 0.772. The minimum atomic E-state index is 0.0275. The van der Waals surface area contributed by atoms with Crippen molar-refractivity contribution in [1.29, 1.82) is 0 Å². The highest BCUT2D eigenvalue weighted by atomic mass is 16.3. The maximum atomic E-state index is 9.13. The van der Waals surface area contributed by atoms with Crippen molar-refractivity contribution in [3.8, 4) is 0 Å². The van der Waals surface area contributed by atoms with E-state index < -0.39 is 0 Å². The molecule has 1 fully saturated rings. The summed E-state index contributed by atoms with van der Waals surface area (Å²) in [5, 5.41) is 9.13. The summed E-state index contributed by atoms with van der Waals surface area (Å²) >= 11 is 0. The molecule has 1 aromatic rings. The number of aromatic amines is 1. The van der Waals surface area contributed by atoms with E-state index in [0.717, 1.165) is 12.2 Å². The third-order valence-electron chi connectivity index (χ3n) is 3.60. The molecule has 90 valence electrons. The van der Waals surface area contributed by atoms with Crippen LogP contribution in [0.15, 0.2) is 0 Å². The van der Waals surface area contributed by atoms with E-state index in [0.29, 0.717) is 5.92 Å². The van der Waals surface area contributed by atoms with Crippen LogP contribution in [0.3, 0.4) is 0 Å². The summed E-state index contributed by atoms with van der Waals surface area (Å²) in [5.41, 5.74) is 2.46. The molecule has 0 amide bonds. The van der Waals surface area contributed by atoms with Crippen LogP contribution in [0, 0.1) is 0 Å². The van der Waals surface area contributed by atoms with Gasteiger partial charge in [-0.15, -0.1) is 0 Å². The number of hydrogen-bond donors (Lipinski definition) is 2. The van der Waals surface area contributed by atoms with Gasteiger partial charge in [0.05, 0.1) is 5.69 Å². The average Bonchev–Trinajstić information content (AvgIpc) is 2.55. The van der Waals surface area contributed by atoms with Crippen LogP contribution in [0.2, 0.25) is 0 Å². The SMILES string of the molecule is CCc1[nH]c(CO)nc1C1CCCCCC1. The second-order valence-electron chi connectivity index (χ2n) is 4.75. The molecule has 16 heavy (non-hydrogen) atoms. The molecule has 1 aliphatic carbocycles. The molecule has 1 saturated carbocycles. The molecule has 1 aromatic heterocycles. The third-order valence-corrected chi connectivity index (χ3v) is 3.60. The first kappa shape index (κ1) is 11.6. The maximum absolute atomic E-state index is 9.13. The second-order valence-corrected chi connectivity index (χ2v) is 4.75. The van der Waals surface area contributed by atoms with Gasteiger partial charge >= 0.3 is 0 Å². The van der Waals surface area contributed by atoms with Crippen LogP contribution in [-0.2, 0) is 13.0 Å². The van der Waals surface area contributed by atoms with Gasteiger partial charge in [-0.2, -0.15) is 0 Å². The summed E-state index contributed by atoms with van der Waals surface area (Å²) in [6, 6.07) is 0. The fraction of sp³-hybridized carbons (Fsp3) is 0.769. The average molecular weight is 222 g/mol. The van der Waals surface area contributed by atoms with Gasteiger partial charge in [-0.05, 0) is 19.3 Å². The molecule has 3 heteroatoms. The molecule has 1 heterocycles. The molecule has 0 atom stereocenters. The zero-order chi connectivity index (χ0) is 11.4. The third kappa shape index (κ3) is 2.46. The Morgan fingerprint density at radius 3 is 2.50 bits per heavy atom. The topological polar surface area (TPSA) is 48.9 Å². The normalized spacial score (nSPS) is 18.6. The molecule has 0 aromatic carbocycles. The Balaban J connectivity index is 2.19. The van der Waals surface area contributed by atoms with E-state index in [1.165, 1.54) is 49.9 Å². The predicted molar refractivity (Wildman–Crippen MR) is 64.3 cm³/mol. The smallest absolute Gasteiger partial charge is 0.132 e. The predicted octanol–water partition coefficient (Wildman–Crippen LogP) is 2.90. The fourth-order valence-electron chi connectivity index (χ4n) is 2.71. The summed E-state index contributed by atoms with van der Waals surface area (Å²) in [7, 11) is 0. The zero-order valence-electron chi connectivity index (χ0n) is 10.1. The van der Waals surface area contributed by atoms with Gasteiger partial charge in [-0.3, -0.25) is 0 Å². The highest BCUT2D eigenvalue weighted by Gasteiger charge is 2.20. The number of H-pyrrole nitrogens is 1. The van der Waals surface area contributed by atoms with Gasteiger partial charge in [0.25, 0.3) is 0 Å². The maximum Gasteiger partial charge on any atom is 0.132 e. The first-order valence-corrected chi connectivity index (χ1v) is 6.53. The highest BCUT2D eigenvalue weighted by Crippen LogP contribution is 2.32. The first-order chi connectivity index (χ1) is 7.85. The highest BCUT2D eigenvalue weighted by molar-refractivity contribution is 5.19. The summed E-state index contributed by atoms with van der Waals surface area (Å²) in [4.78, 5) is 7.80. The van der Waals surface area contributed by atoms with Crippen molar-refractivity contribution in [2.75, 3.05) is 0 Å². The molecule has 1 aliphatic rings. The number of aryl methyl sites for hydroxylation is 1. The Morgan fingerprint density at radius 1 is 1.25 bits per heavy atom. The molecule has 0 bridgehead atoms. The Morgan fingerprint density at radius 2 is 1.94 bits per heavy atom. The van der Waals surface area contributed by atoms with Gasteiger partial charge in [-0.25, -0.2) is 4.98 Å². The van der Waals surface area contributed by atoms with Crippen molar-refractivity contribution in [3.05, 3.63) is 17.2 Å². The summed E-state index contributed by atoms with van der Waals surface area (Å²) < 4.78 is 0. The Hall–Kier alpha value is -0.830. The van der Waals surface area contributed by atoms with E-state index in [1.807, 2.05) is 0 Å². The number of hydrogen-bond acceptors (Lipinski definition) is 2.